The molecule has 0 saturated heterocycles. The fourth-order valence-electron chi connectivity index (χ4n) is 2.80. The molecule has 0 atom stereocenters. The lowest BCUT2D eigenvalue weighted by Crippen LogP contribution is -2.12. The van der Waals surface area contributed by atoms with Gasteiger partial charge in [-0.2, -0.15) is 0 Å². The van der Waals surface area contributed by atoms with Crippen molar-refractivity contribution in [3.05, 3.63) is 69.4 Å². The summed E-state index contributed by atoms with van der Waals surface area (Å²) in [6.07, 6.45) is 2.00. The number of nitro benzene ring substituents is 1. The van der Waals surface area contributed by atoms with E-state index in [0.717, 1.165) is 28.7 Å². The molecule has 0 radical (unpaired) electrons. The number of anilines is 1. The molecule has 136 valence electrons. The van der Waals surface area contributed by atoms with Gasteiger partial charge in [0.1, 0.15) is 5.02 Å². The van der Waals surface area contributed by atoms with Gasteiger partial charge < -0.3 is 9.88 Å². The minimum atomic E-state index is -0.615. The summed E-state index contributed by atoms with van der Waals surface area (Å²) in [5, 5.41) is 14.7. The molecule has 0 fully saturated rings. The maximum absolute atomic E-state index is 12.5. The molecule has 2 aromatic carbocycles. The molecule has 1 amide bonds. The van der Waals surface area contributed by atoms with Gasteiger partial charge >= 0.3 is 0 Å². The van der Waals surface area contributed by atoms with Gasteiger partial charge in [-0.3, -0.25) is 14.9 Å². The Labute approximate surface area is 163 Å². The topological polar surface area (TPSA) is 90.1 Å². The molecular weight excluding hydrogens is 388 g/mol. The highest BCUT2D eigenvalue weighted by molar-refractivity contribution is 7.99. The zero-order valence-electron chi connectivity index (χ0n) is 13.9. The third-order valence-corrected chi connectivity index (χ3v) is 5.41. The van der Waals surface area contributed by atoms with Gasteiger partial charge in [-0.05, 0) is 24.3 Å². The summed E-state index contributed by atoms with van der Waals surface area (Å²) in [5.74, 6) is 0.584. The maximum Gasteiger partial charge on any atom is 0.288 e. The van der Waals surface area contributed by atoms with Gasteiger partial charge in [-0.1, -0.05) is 35.5 Å². The molecular formula is C18H13ClN4O3S. The van der Waals surface area contributed by atoms with Gasteiger partial charge in [0.15, 0.2) is 5.16 Å². The number of carbonyl (C=O) groups is 1. The third kappa shape index (κ3) is 3.54. The Morgan fingerprint density at radius 2 is 2.15 bits per heavy atom. The van der Waals surface area contributed by atoms with Crippen LogP contribution < -0.4 is 5.32 Å². The number of amides is 1. The Morgan fingerprint density at radius 1 is 1.30 bits per heavy atom. The minimum absolute atomic E-state index is 0.00996. The van der Waals surface area contributed by atoms with Gasteiger partial charge in [0.05, 0.1) is 10.6 Å². The molecule has 0 bridgehead atoms. The maximum atomic E-state index is 12.5. The third-order valence-electron chi connectivity index (χ3n) is 4.12. The van der Waals surface area contributed by atoms with Crippen molar-refractivity contribution in [1.29, 1.82) is 0 Å². The first-order chi connectivity index (χ1) is 13.0. The van der Waals surface area contributed by atoms with E-state index in [-0.39, 0.29) is 16.3 Å². The number of nitrogens with one attached hydrogen (secondary N) is 1. The lowest BCUT2D eigenvalue weighted by molar-refractivity contribution is -0.384. The fraction of sp³-hybridized carbons (Fsp3) is 0.111. The predicted octanol–water partition coefficient (Wildman–Crippen LogP) is 4.47. The van der Waals surface area contributed by atoms with E-state index >= 15 is 0 Å². The minimum Gasteiger partial charge on any atom is -0.325 e. The fourth-order valence-corrected chi connectivity index (χ4v) is 3.93. The molecule has 2 heterocycles. The van der Waals surface area contributed by atoms with E-state index in [2.05, 4.69) is 14.9 Å². The molecule has 1 aromatic heterocycles. The molecule has 0 spiro atoms. The number of halogens is 1. The summed E-state index contributed by atoms with van der Waals surface area (Å²) in [4.78, 5) is 27.4. The highest BCUT2D eigenvalue weighted by Crippen LogP contribution is 2.30. The number of rotatable bonds is 4. The average molecular weight is 401 g/mol. The summed E-state index contributed by atoms with van der Waals surface area (Å²) >= 11 is 7.51. The van der Waals surface area contributed by atoms with Crippen molar-refractivity contribution < 1.29 is 9.72 Å². The summed E-state index contributed by atoms with van der Waals surface area (Å²) < 4.78 is 2.11. The normalized spacial score (nSPS) is 12.6. The zero-order chi connectivity index (χ0) is 19.0. The Hall–Kier alpha value is -2.84. The summed E-state index contributed by atoms with van der Waals surface area (Å²) in [6.45, 7) is 0.943. The molecule has 4 rings (SSSR count). The summed E-state index contributed by atoms with van der Waals surface area (Å²) in [6, 6.07) is 11.3. The van der Waals surface area contributed by atoms with E-state index in [1.165, 1.54) is 18.2 Å². The molecule has 1 aliphatic rings. The van der Waals surface area contributed by atoms with Crippen molar-refractivity contribution in [2.45, 2.75) is 11.7 Å². The number of carbonyl (C=O) groups excluding carboxylic acids is 1. The van der Waals surface area contributed by atoms with E-state index in [0.29, 0.717) is 5.69 Å². The number of aromatic nitrogens is 2. The van der Waals surface area contributed by atoms with Crippen LogP contribution >= 0.6 is 23.4 Å². The number of hydrogen-bond donors (Lipinski definition) is 1. The largest absolute Gasteiger partial charge is 0.325 e. The van der Waals surface area contributed by atoms with Gasteiger partial charge in [-0.25, -0.2) is 4.98 Å². The molecule has 1 aliphatic heterocycles. The van der Waals surface area contributed by atoms with Gasteiger partial charge in [0.2, 0.25) is 0 Å². The molecule has 7 nitrogen and oxygen atoms in total. The Kier molecular flexibility index (Phi) is 4.59. The van der Waals surface area contributed by atoms with Crippen molar-refractivity contribution in [3.63, 3.8) is 0 Å². The van der Waals surface area contributed by atoms with E-state index in [1.54, 1.807) is 17.8 Å². The van der Waals surface area contributed by atoms with E-state index < -0.39 is 10.8 Å². The van der Waals surface area contributed by atoms with E-state index in [9.17, 15) is 14.9 Å². The first-order valence-corrected chi connectivity index (χ1v) is 9.43. The first-order valence-electron chi connectivity index (χ1n) is 8.07. The number of thioether (sulfide) groups is 1. The van der Waals surface area contributed by atoms with Gasteiger partial charge in [0, 0.05) is 41.4 Å². The highest BCUT2D eigenvalue weighted by atomic mass is 35.5. The predicted molar refractivity (Wildman–Crippen MR) is 104 cm³/mol. The van der Waals surface area contributed by atoms with Crippen molar-refractivity contribution in [2.24, 2.45) is 0 Å². The van der Waals surface area contributed by atoms with E-state index in [1.807, 2.05) is 24.4 Å². The van der Waals surface area contributed by atoms with Crippen LogP contribution in [0.2, 0.25) is 5.02 Å². The van der Waals surface area contributed by atoms with Crippen LogP contribution in [-0.4, -0.2) is 26.1 Å². The number of hydrogen-bond acceptors (Lipinski definition) is 5. The molecule has 0 unspecified atom stereocenters. The van der Waals surface area contributed by atoms with Crippen molar-refractivity contribution in [1.82, 2.24) is 9.55 Å². The van der Waals surface area contributed by atoms with Gasteiger partial charge in [-0.15, -0.1) is 0 Å². The van der Waals surface area contributed by atoms with Crippen molar-refractivity contribution >= 4 is 40.6 Å². The number of fused-ring (bicyclic) bond motifs is 1. The second-order valence-electron chi connectivity index (χ2n) is 5.91. The van der Waals surface area contributed by atoms with Crippen LogP contribution in [0, 0.1) is 10.1 Å². The van der Waals surface area contributed by atoms with Crippen LogP contribution in [0.25, 0.3) is 11.3 Å². The van der Waals surface area contributed by atoms with Crippen LogP contribution in [0.3, 0.4) is 0 Å². The van der Waals surface area contributed by atoms with Crippen LogP contribution in [0.4, 0.5) is 11.4 Å². The Morgan fingerprint density at radius 3 is 2.93 bits per heavy atom. The first kappa shape index (κ1) is 17.6. The molecule has 27 heavy (non-hydrogen) atoms. The second-order valence-corrected chi connectivity index (χ2v) is 7.38. The van der Waals surface area contributed by atoms with Crippen LogP contribution in [-0.2, 0) is 6.54 Å². The Balaban J connectivity index is 1.57. The molecule has 3 aromatic rings. The lowest BCUT2D eigenvalue weighted by atomic mass is 10.1. The molecule has 0 saturated carbocycles. The number of nitrogens with zero attached hydrogens (tertiary/aromatic N) is 3. The molecule has 9 heteroatoms. The van der Waals surface area contributed by atoms with Crippen LogP contribution in [0.1, 0.15) is 10.4 Å². The van der Waals surface area contributed by atoms with Gasteiger partial charge in [0.25, 0.3) is 11.6 Å². The quantitative estimate of drug-likeness (QED) is 0.515. The SMILES string of the molecule is O=C(Nc1cccc(-c2cn3c(n2)SCC3)c1)c1ccc(Cl)c([N+](=O)[O-])c1. The number of benzene rings is 2. The average Bonchev–Trinajstić information content (AvgIpc) is 3.24. The molecule has 0 aliphatic carbocycles. The highest BCUT2D eigenvalue weighted by Gasteiger charge is 2.18. The van der Waals surface area contributed by atoms with Crippen LogP contribution in [0.5, 0.6) is 0 Å². The standard InChI is InChI=1S/C18H13ClN4O3S/c19-14-5-4-12(9-16(14)23(25)26)17(24)20-13-3-1-2-11(8-13)15-10-22-6-7-27-18(22)21-15/h1-5,8-10H,6-7H2,(H,20,24). The number of aryl methyl sites for hydroxylation is 1. The van der Waals surface area contributed by atoms with Crippen molar-refractivity contribution in [2.75, 3.05) is 11.1 Å². The smallest absolute Gasteiger partial charge is 0.288 e. The van der Waals surface area contributed by atoms with Crippen molar-refractivity contribution in [3.8, 4) is 11.3 Å². The van der Waals surface area contributed by atoms with E-state index in [4.69, 9.17) is 11.6 Å². The summed E-state index contributed by atoms with van der Waals surface area (Å²) in [7, 11) is 0. The molecule has 1 N–H and O–H groups in total. The lowest BCUT2D eigenvalue weighted by Gasteiger charge is -2.07. The monoisotopic (exact) mass is 400 g/mol. The second kappa shape index (κ2) is 7.05. The zero-order valence-corrected chi connectivity index (χ0v) is 15.5. The Bertz CT molecular complexity index is 1050. The number of nitro groups is 1. The summed E-state index contributed by atoms with van der Waals surface area (Å²) in [5.41, 5.74) is 2.17. The van der Waals surface area contributed by atoms with Crippen LogP contribution in [0.15, 0.2) is 53.8 Å². The number of imidazole rings is 1.